The molecular weight excluding hydrogens is 212 g/mol. The van der Waals surface area contributed by atoms with Crippen molar-refractivity contribution in [2.75, 3.05) is 7.05 Å². The smallest absolute Gasteiger partial charge is 0.328 e. The summed E-state index contributed by atoms with van der Waals surface area (Å²) in [7, 11) is 1.74. The van der Waals surface area contributed by atoms with Gasteiger partial charge in [0.2, 0.25) is 0 Å². The number of nitrogens with zero attached hydrogens (tertiary/aromatic N) is 2. The molecule has 2 atom stereocenters. The summed E-state index contributed by atoms with van der Waals surface area (Å²) in [5, 5.41) is 14.3. The number of hydrogen-bond acceptors (Lipinski definition) is 3. The van der Waals surface area contributed by atoms with Crippen molar-refractivity contribution < 1.29 is 9.90 Å². The predicted octanol–water partition coefficient (Wildman–Crippen LogP) is 0.524. The predicted molar refractivity (Wildman–Crippen MR) is 45.0 cm³/mol. The Kier molecular flexibility index (Phi) is 1.92. The molecule has 1 aliphatic heterocycles. The van der Waals surface area contributed by atoms with Gasteiger partial charge < -0.3 is 5.11 Å². The molecular formula is C6H9BrN2O2. The second-order valence-electron chi connectivity index (χ2n) is 2.57. The van der Waals surface area contributed by atoms with Crippen molar-refractivity contribution in [3.05, 3.63) is 0 Å². The van der Waals surface area contributed by atoms with Gasteiger partial charge in [-0.1, -0.05) is 15.9 Å². The lowest BCUT2D eigenvalue weighted by molar-refractivity contribution is -0.138. The van der Waals surface area contributed by atoms with Gasteiger partial charge in [-0.05, 0) is 6.92 Å². The van der Waals surface area contributed by atoms with Crippen LogP contribution in [0.3, 0.4) is 0 Å². The van der Waals surface area contributed by atoms with Crippen LogP contribution in [-0.4, -0.2) is 39.7 Å². The molecule has 0 aromatic rings. The molecule has 62 valence electrons. The number of aliphatic carboxylic acids is 1. The molecule has 4 nitrogen and oxygen atoms in total. The third-order valence-corrected chi connectivity index (χ3v) is 3.13. The molecule has 1 rings (SSSR count). The fraction of sp³-hybridized carbons (Fsp3) is 0.667. The fourth-order valence-corrected chi connectivity index (χ4v) is 1.28. The van der Waals surface area contributed by atoms with E-state index in [-0.39, 0.29) is 6.04 Å². The average Bonchev–Trinajstić information content (AvgIpc) is 2.18. The van der Waals surface area contributed by atoms with E-state index in [4.69, 9.17) is 5.11 Å². The average molecular weight is 221 g/mol. The van der Waals surface area contributed by atoms with Crippen LogP contribution in [0.15, 0.2) is 5.10 Å². The molecule has 0 aromatic carbocycles. The van der Waals surface area contributed by atoms with E-state index in [1.807, 2.05) is 0 Å². The third-order valence-electron chi connectivity index (χ3n) is 1.92. The summed E-state index contributed by atoms with van der Waals surface area (Å²) in [6.45, 7) is 1.80. The largest absolute Gasteiger partial charge is 0.480 e. The van der Waals surface area contributed by atoms with Gasteiger partial charge >= 0.3 is 5.97 Å². The minimum atomic E-state index is -1.01. The van der Waals surface area contributed by atoms with Crippen LogP contribution in [0.5, 0.6) is 0 Å². The van der Waals surface area contributed by atoms with Crippen LogP contribution in [0, 0.1) is 0 Å². The summed E-state index contributed by atoms with van der Waals surface area (Å²) in [4.78, 5) is 10.7. The molecule has 1 N–H and O–H groups in total. The van der Waals surface area contributed by atoms with Gasteiger partial charge in [0.25, 0.3) is 0 Å². The first kappa shape index (κ1) is 8.52. The Morgan fingerprint density at radius 1 is 1.91 bits per heavy atom. The van der Waals surface area contributed by atoms with Crippen molar-refractivity contribution in [1.82, 2.24) is 5.01 Å². The van der Waals surface area contributed by atoms with E-state index in [0.29, 0.717) is 0 Å². The normalized spacial score (nSPS) is 36.3. The van der Waals surface area contributed by atoms with Crippen molar-refractivity contribution in [1.29, 1.82) is 0 Å². The standard InChI is InChI=1S/C6H9BrN2O2/c1-4-6(7,5(10)11)3-8-9(4)2/h3-4H,1-2H3,(H,10,11). The third kappa shape index (κ3) is 1.13. The number of carboxylic acids is 1. The minimum absolute atomic E-state index is 0.153. The minimum Gasteiger partial charge on any atom is -0.480 e. The van der Waals surface area contributed by atoms with Crippen molar-refractivity contribution >= 4 is 28.1 Å². The van der Waals surface area contributed by atoms with E-state index in [9.17, 15) is 4.79 Å². The molecule has 0 bridgehead atoms. The Balaban J connectivity index is 2.90. The molecule has 0 fully saturated rings. The summed E-state index contributed by atoms with van der Waals surface area (Å²) in [5.41, 5.74) is 0. The van der Waals surface area contributed by atoms with Crippen LogP contribution >= 0.6 is 15.9 Å². The van der Waals surface area contributed by atoms with Gasteiger partial charge in [0, 0.05) is 7.05 Å². The van der Waals surface area contributed by atoms with Crippen molar-refractivity contribution in [2.24, 2.45) is 5.10 Å². The van der Waals surface area contributed by atoms with E-state index >= 15 is 0 Å². The Labute approximate surface area is 73.0 Å². The highest BCUT2D eigenvalue weighted by Gasteiger charge is 2.45. The number of hydrazone groups is 1. The number of rotatable bonds is 1. The van der Waals surface area contributed by atoms with E-state index in [0.717, 1.165) is 0 Å². The zero-order valence-electron chi connectivity index (χ0n) is 6.28. The Hall–Kier alpha value is -0.580. The van der Waals surface area contributed by atoms with Crippen LogP contribution in [0.2, 0.25) is 0 Å². The van der Waals surface area contributed by atoms with Gasteiger partial charge in [0.05, 0.1) is 12.3 Å². The number of alkyl halides is 1. The molecule has 0 saturated carbocycles. The molecule has 0 spiro atoms. The molecule has 0 aromatic heterocycles. The number of halogens is 1. The van der Waals surface area contributed by atoms with Gasteiger partial charge in [-0.25, -0.2) is 0 Å². The topological polar surface area (TPSA) is 52.9 Å². The van der Waals surface area contributed by atoms with E-state index < -0.39 is 10.3 Å². The first-order valence-corrected chi connectivity index (χ1v) is 3.98. The summed E-state index contributed by atoms with van der Waals surface area (Å²) in [6, 6.07) is -0.153. The number of hydrogen-bond donors (Lipinski definition) is 1. The van der Waals surface area contributed by atoms with Crippen LogP contribution in [0.4, 0.5) is 0 Å². The lowest BCUT2D eigenvalue weighted by Crippen LogP contribution is -2.45. The van der Waals surface area contributed by atoms with E-state index in [1.165, 1.54) is 6.21 Å². The quantitative estimate of drug-likeness (QED) is 0.657. The van der Waals surface area contributed by atoms with Gasteiger partial charge in [0.1, 0.15) is 0 Å². The van der Waals surface area contributed by atoms with Crippen molar-refractivity contribution in [2.45, 2.75) is 17.3 Å². The summed E-state index contributed by atoms with van der Waals surface area (Å²) in [6.07, 6.45) is 1.40. The summed E-state index contributed by atoms with van der Waals surface area (Å²) >= 11 is 3.13. The molecule has 11 heavy (non-hydrogen) atoms. The monoisotopic (exact) mass is 220 g/mol. The summed E-state index contributed by atoms with van der Waals surface area (Å²) in [5.74, 6) is -0.905. The maximum atomic E-state index is 10.7. The lowest BCUT2D eigenvalue weighted by atomic mass is 10.0. The first-order valence-electron chi connectivity index (χ1n) is 3.19. The molecule has 0 amide bonds. The first-order chi connectivity index (χ1) is 4.98. The maximum absolute atomic E-state index is 10.7. The highest BCUT2D eigenvalue weighted by molar-refractivity contribution is 9.10. The lowest BCUT2D eigenvalue weighted by Gasteiger charge is -2.23. The molecule has 5 heteroatoms. The number of carboxylic acid groups (broad SMARTS) is 1. The van der Waals surface area contributed by atoms with E-state index in [1.54, 1.807) is 19.0 Å². The summed E-state index contributed by atoms with van der Waals surface area (Å²) < 4.78 is -1.01. The molecule has 0 saturated heterocycles. The molecule has 0 radical (unpaired) electrons. The van der Waals surface area contributed by atoms with Crippen molar-refractivity contribution in [3.8, 4) is 0 Å². The Morgan fingerprint density at radius 3 is 2.64 bits per heavy atom. The zero-order chi connectivity index (χ0) is 8.65. The highest BCUT2D eigenvalue weighted by Crippen LogP contribution is 2.28. The van der Waals surface area contributed by atoms with Crippen LogP contribution in [-0.2, 0) is 4.79 Å². The van der Waals surface area contributed by atoms with Crippen molar-refractivity contribution in [3.63, 3.8) is 0 Å². The molecule has 0 aliphatic carbocycles. The van der Waals surface area contributed by atoms with Crippen LogP contribution in [0.1, 0.15) is 6.92 Å². The molecule has 1 heterocycles. The van der Waals surface area contributed by atoms with E-state index in [2.05, 4.69) is 21.0 Å². The van der Waals surface area contributed by atoms with Gasteiger partial charge in [-0.3, -0.25) is 9.80 Å². The Morgan fingerprint density at radius 2 is 2.45 bits per heavy atom. The Bertz CT molecular complexity index is 219. The number of carbonyl (C=O) groups is 1. The van der Waals surface area contributed by atoms with Crippen LogP contribution < -0.4 is 0 Å². The second-order valence-corrected chi connectivity index (χ2v) is 3.88. The molecule has 1 aliphatic rings. The highest BCUT2D eigenvalue weighted by atomic mass is 79.9. The zero-order valence-corrected chi connectivity index (χ0v) is 7.87. The van der Waals surface area contributed by atoms with Gasteiger partial charge in [-0.2, -0.15) is 5.10 Å². The van der Waals surface area contributed by atoms with Gasteiger partial charge in [0.15, 0.2) is 4.32 Å². The fourth-order valence-electron chi connectivity index (χ4n) is 0.889. The SMILES string of the molecule is CC1N(C)N=CC1(Br)C(=O)O. The van der Waals surface area contributed by atoms with Gasteiger partial charge in [-0.15, -0.1) is 0 Å². The molecule has 2 unspecified atom stereocenters. The second kappa shape index (κ2) is 2.48. The van der Waals surface area contributed by atoms with Crippen LogP contribution in [0.25, 0.3) is 0 Å². The maximum Gasteiger partial charge on any atom is 0.328 e.